The quantitative estimate of drug-likeness (QED) is 0.670. The number of anilines is 1. The molecule has 0 saturated heterocycles. The number of nitrogens with zero attached hydrogens (tertiary/aromatic N) is 4. The van der Waals surface area contributed by atoms with Crippen molar-refractivity contribution in [2.24, 2.45) is 5.73 Å². The maximum atomic E-state index is 6.37. The second-order valence-corrected chi connectivity index (χ2v) is 7.69. The summed E-state index contributed by atoms with van der Waals surface area (Å²) in [7, 11) is 0. The van der Waals surface area contributed by atoms with Crippen LogP contribution in [0.3, 0.4) is 0 Å². The van der Waals surface area contributed by atoms with Gasteiger partial charge in [-0.1, -0.05) is 11.6 Å². The Bertz CT molecular complexity index is 903. The van der Waals surface area contributed by atoms with Gasteiger partial charge in [-0.15, -0.1) is 0 Å². The van der Waals surface area contributed by atoms with Crippen molar-refractivity contribution in [3.05, 3.63) is 40.2 Å². The van der Waals surface area contributed by atoms with Gasteiger partial charge in [0, 0.05) is 22.8 Å². The summed E-state index contributed by atoms with van der Waals surface area (Å²) in [6.45, 7) is 0. The number of nitrogens with one attached hydrogen (secondary N) is 1. The Morgan fingerprint density at radius 3 is 2.76 bits per heavy atom. The lowest BCUT2D eigenvalue weighted by Crippen LogP contribution is -2.33. The smallest absolute Gasteiger partial charge is 0.223 e. The highest BCUT2D eigenvalue weighted by molar-refractivity contribution is 9.10. The number of halogens is 2. The van der Waals surface area contributed by atoms with Gasteiger partial charge < -0.3 is 11.1 Å². The number of hydrogen-bond acceptors (Lipinski definition) is 5. The fourth-order valence-electron chi connectivity index (χ4n) is 3.19. The van der Waals surface area contributed by atoms with E-state index in [1.54, 1.807) is 12.4 Å². The van der Waals surface area contributed by atoms with Crippen molar-refractivity contribution in [2.75, 3.05) is 5.32 Å². The van der Waals surface area contributed by atoms with Gasteiger partial charge in [0.15, 0.2) is 0 Å². The van der Waals surface area contributed by atoms with E-state index in [0.29, 0.717) is 28.7 Å². The zero-order valence-electron chi connectivity index (χ0n) is 13.5. The predicted octanol–water partition coefficient (Wildman–Crippen LogP) is 3.89. The molecular formula is C17H18BrClN6. The third-order valence-corrected chi connectivity index (χ3v) is 5.31. The lowest BCUT2D eigenvalue weighted by molar-refractivity contribution is 0.410. The number of rotatable bonds is 3. The summed E-state index contributed by atoms with van der Waals surface area (Å²) in [6, 6.07) is 4.56. The minimum atomic E-state index is 0.316. The molecule has 4 rings (SSSR count). The van der Waals surface area contributed by atoms with Crippen molar-refractivity contribution >= 4 is 39.1 Å². The van der Waals surface area contributed by atoms with Crippen LogP contribution in [0.4, 0.5) is 5.95 Å². The van der Waals surface area contributed by atoms with Crippen LogP contribution in [-0.2, 0) is 0 Å². The normalized spacial score (nSPS) is 20.8. The largest absolute Gasteiger partial charge is 0.351 e. The topological polar surface area (TPSA) is 81.1 Å². The molecule has 3 aromatic rings. The second-order valence-electron chi connectivity index (χ2n) is 6.37. The van der Waals surface area contributed by atoms with Gasteiger partial charge in [0.2, 0.25) is 5.95 Å². The molecule has 0 atom stereocenters. The molecule has 0 aliphatic heterocycles. The molecule has 1 fully saturated rings. The lowest BCUT2D eigenvalue weighted by atomic mass is 9.92. The molecule has 0 amide bonds. The van der Waals surface area contributed by atoms with E-state index in [4.69, 9.17) is 17.3 Å². The maximum Gasteiger partial charge on any atom is 0.223 e. The SMILES string of the molecule is N[C@H]1CC[C@H](Nc2ncc(Cl)c(-c3cnc4ccc(Br)cn34)n2)CC1. The summed E-state index contributed by atoms with van der Waals surface area (Å²) in [5.41, 5.74) is 8.31. The average Bonchev–Trinajstić information content (AvgIpc) is 3.01. The Hall–Kier alpha value is -1.70. The van der Waals surface area contributed by atoms with Crippen LogP contribution in [0.1, 0.15) is 25.7 Å². The highest BCUT2D eigenvalue weighted by Gasteiger charge is 2.20. The molecule has 1 aliphatic rings. The molecule has 130 valence electrons. The van der Waals surface area contributed by atoms with E-state index in [1.165, 1.54) is 0 Å². The van der Waals surface area contributed by atoms with Crippen molar-refractivity contribution in [3.8, 4) is 11.4 Å². The van der Waals surface area contributed by atoms with Crippen LogP contribution in [0.25, 0.3) is 17.0 Å². The zero-order valence-corrected chi connectivity index (χ0v) is 15.8. The number of nitrogens with two attached hydrogens (primary N) is 1. The molecule has 8 heteroatoms. The van der Waals surface area contributed by atoms with Crippen molar-refractivity contribution < 1.29 is 0 Å². The number of hydrogen-bond donors (Lipinski definition) is 2. The van der Waals surface area contributed by atoms with Crippen LogP contribution in [-0.4, -0.2) is 31.4 Å². The molecule has 3 N–H and O–H groups in total. The number of aromatic nitrogens is 4. The first-order valence-corrected chi connectivity index (χ1v) is 9.45. The third kappa shape index (κ3) is 3.49. The number of fused-ring (bicyclic) bond motifs is 1. The summed E-state index contributed by atoms with van der Waals surface area (Å²) < 4.78 is 2.92. The molecule has 3 heterocycles. The van der Waals surface area contributed by atoms with Crippen molar-refractivity contribution in [1.82, 2.24) is 19.4 Å². The first kappa shape index (κ1) is 16.8. The molecule has 6 nitrogen and oxygen atoms in total. The van der Waals surface area contributed by atoms with E-state index < -0.39 is 0 Å². The van der Waals surface area contributed by atoms with Crippen molar-refractivity contribution in [3.63, 3.8) is 0 Å². The summed E-state index contributed by atoms with van der Waals surface area (Å²) in [4.78, 5) is 13.4. The lowest BCUT2D eigenvalue weighted by Gasteiger charge is -2.26. The molecule has 3 aromatic heterocycles. The summed E-state index contributed by atoms with van der Waals surface area (Å²) in [6.07, 6.45) is 9.48. The molecule has 25 heavy (non-hydrogen) atoms. The van der Waals surface area contributed by atoms with Crippen molar-refractivity contribution in [2.45, 2.75) is 37.8 Å². The van der Waals surface area contributed by atoms with Crippen LogP contribution >= 0.6 is 27.5 Å². The summed E-state index contributed by atoms with van der Waals surface area (Å²) >= 11 is 9.86. The molecule has 1 saturated carbocycles. The van der Waals surface area contributed by atoms with E-state index >= 15 is 0 Å². The molecule has 0 aromatic carbocycles. The Kier molecular flexibility index (Phi) is 4.62. The van der Waals surface area contributed by atoms with Gasteiger partial charge in [0.1, 0.15) is 11.3 Å². The minimum Gasteiger partial charge on any atom is -0.351 e. The molecular weight excluding hydrogens is 404 g/mol. The van der Waals surface area contributed by atoms with Gasteiger partial charge >= 0.3 is 0 Å². The zero-order chi connectivity index (χ0) is 17.4. The van der Waals surface area contributed by atoms with Crippen LogP contribution in [0.2, 0.25) is 5.02 Å². The third-order valence-electron chi connectivity index (χ3n) is 4.56. The molecule has 0 bridgehead atoms. The molecule has 1 aliphatic carbocycles. The highest BCUT2D eigenvalue weighted by Crippen LogP contribution is 2.28. The van der Waals surface area contributed by atoms with Gasteiger partial charge in [-0.25, -0.2) is 15.0 Å². The Balaban J connectivity index is 1.66. The predicted molar refractivity (Wildman–Crippen MR) is 103 cm³/mol. The van der Waals surface area contributed by atoms with Crippen LogP contribution in [0.5, 0.6) is 0 Å². The first-order valence-electron chi connectivity index (χ1n) is 8.28. The van der Waals surface area contributed by atoms with E-state index in [-0.39, 0.29) is 0 Å². The van der Waals surface area contributed by atoms with Gasteiger partial charge in [-0.3, -0.25) is 4.40 Å². The minimum absolute atomic E-state index is 0.316. The van der Waals surface area contributed by atoms with Crippen LogP contribution in [0, 0.1) is 0 Å². The van der Waals surface area contributed by atoms with Gasteiger partial charge in [0.25, 0.3) is 0 Å². The fraction of sp³-hybridized carbons (Fsp3) is 0.353. The molecule has 0 unspecified atom stereocenters. The Morgan fingerprint density at radius 2 is 1.96 bits per heavy atom. The van der Waals surface area contributed by atoms with Crippen molar-refractivity contribution in [1.29, 1.82) is 0 Å². The number of pyridine rings is 1. The highest BCUT2D eigenvalue weighted by atomic mass is 79.9. The molecule has 0 radical (unpaired) electrons. The van der Waals surface area contributed by atoms with Gasteiger partial charge in [-0.2, -0.15) is 0 Å². The monoisotopic (exact) mass is 420 g/mol. The van der Waals surface area contributed by atoms with Gasteiger partial charge in [0.05, 0.1) is 23.1 Å². The fourth-order valence-corrected chi connectivity index (χ4v) is 3.72. The van der Waals surface area contributed by atoms with Crippen LogP contribution < -0.4 is 11.1 Å². The maximum absolute atomic E-state index is 6.37. The summed E-state index contributed by atoms with van der Waals surface area (Å²) in [5, 5.41) is 3.91. The number of imidazole rings is 1. The standard InChI is InChI=1S/C17H18BrClN6/c18-10-1-6-15-21-8-14(25(15)9-10)16-13(19)7-22-17(24-16)23-12-4-2-11(20)3-5-12/h1,6-9,11-12H,2-5,20H2,(H,22,23,24)/t11-,12-. The Labute approximate surface area is 159 Å². The second kappa shape index (κ2) is 6.90. The molecule has 0 spiro atoms. The summed E-state index contributed by atoms with van der Waals surface area (Å²) in [5.74, 6) is 0.588. The van der Waals surface area contributed by atoms with E-state index in [9.17, 15) is 0 Å². The van der Waals surface area contributed by atoms with Crippen LogP contribution in [0.15, 0.2) is 35.2 Å². The van der Waals surface area contributed by atoms with E-state index in [2.05, 4.69) is 36.2 Å². The first-order chi connectivity index (χ1) is 12.1. The average molecular weight is 422 g/mol. The van der Waals surface area contributed by atoms with E-state index in [1.807, 2.05) is 22.7 Å². The van der Waals surface area contributed by atoms with E-state index in [0.717, 1.165) is 41.5 Å². The van der Waals surface area contributed by atoms with Gasteiger partial charge in [-0.05, 0) is 53.7 Å². The Morgan fingerprint density at radius 1 is 1.16 bits per heavy atom.